The zero-order chi connectivity index (χ0) is 11.8. The minimum absolute atomic E-state index is 0.790. The highest BCUT2D eigenvalue weighted by molar-refractivity contribution is 5.76. The van der Waals surface area contributed by atoms with Crippen LogP contribution in [0.4, 0.5) is 0 Å². The first kappa shape index (κ1) is 10.5. The van der Waals surface area contributed by atoms with Gasteiger partial charge in [0.05, 0.1) is 0 Å². The molecule has 3 heteroatoms. The van der Waals surface area contributed by atoms with Gasteiger partial charge in [-0.3, -0.25) is 0 Å². The van der Waals surface area contributed by atoms with Crippen LogP contribution in [0.3, 0.4) is 0 Å². The summed E-state index contributed by atoms with van der Waals surface area (Å²) in [6.07, 6.45) is 3.23. The number of hydrogen-bond acceptors (Lipinski definition) is 3. The lowest BCUT2D eigenvalue weighted by molar-refractivity contribution is 0.367. The summed E-state index contributed by atoms with van der Waals surface area (Å²) in [5, 5.41) is 0. The van der Waals surface area contributed by atoms with Crippen LogP contribution in [0.25, 0.3) is 16.7 Å². The second-order valence-electron chi connectivity index (χ2n) is 4.73. The number of hydrogen-bond donors (Lipinski definition) is 0. The third kappa shape index (κ3) is 1.98. The van der Waals surface area contributed by atoms with Gasteiger partial charge in [-0.15, -0.1) is 0 Å². The summed E-state index contributed by atoms with van der Waals surface area (Å²) in [5.74, 6) is 0.790. The first-order valence-corrected chi connectivity index (χ1v) is 5.97. The van der Waals surface area contributed by atoms with Crippen molar-refractivity contribution in [3.63, 3.8) is 0 Å². The molecule has 0 saturated carbocycles. The zero-order valence-corrected chi connectivity index (χ0v) is 10.2. The van der Waals surface area contributed by atoms with Gasteiger partial charge >= 0.3 is 0 Å². The Labute approximate surface area is 101 Å². The highest BCUT2D eigenvalue weighted by Gasteiger charge is 2.14. The Morgan fingerprint density at radius 3 is 3.00 bits per heavy atom. The monoisotopic (exact) mass is 228 g/mol. The fourth-order valence-electron chi connectivity index (χ4n) is 2.13. The average molecular weight is 228 g/mol. The summed E-state index contributed by atoms with van der Waals surface area (Å²) < 4.78 is 5.83. The number of nitrogens with zero attached hydrogens (tertiary/aromatic N) is 2. The van der Waals surface area contributed by atoms with Crippen molar-refractivity contribution in [2.75, 3.05) is 20.1 Å². The third-order valence-electron chi connectivity index (χ3n) is 3.23. The summed E-state index contributed by atoms with van der Waals surface area (Å²) in [7, 11) is 2.13. The number of aryl methyl sites for hydroxylation is 1. The molecule has 0 bridgehead atoms. The van der Waals surface area contributed by atoms with E-state index < -0.39 is 0 Å². The number of likely N-dealkylation sites (N-methyl/N-ethyl adjacent to an activating group) is 1. The Morgan fingerprint density at radius 1 is 1.35 bits per heavy atom. The molecule has 3 rings (SSSR count). The predicted molar refractivity (Wildman–Crippen MR) is 68.8 cm³/mol. The molecule has 1 aliphatic heterocycles. The van der Waals surface area contributed by atoms with Crippen molar-refractivity contribution in [1.82, 2.24) is 9.88 Å². The van der Waals surface area contributed by atoms with E-state index in [1.165, 1.54) is 11.1 Å². The fraction of sp³-hybridized carbons (Fsp3) is 0.357. The Kier molecular flexibility index (Phi) is 2.48. The van der Waals surface area contributed by atoms with Crippen LogP contribution in [0.2, 0.25) is 0 Å². The molecule has 3 nitrogen and oxygen atoms in total. The minimum atomic E-state index is 0.790. The van der Waals surface area contributed by atoms with Crippen molar-refractivity contribution in [1.29, 1.82) is 0 Å². The molecule has 1 aromatic carbocycles. The number of benzene rings is 1. The van der Waals surface area contributed by atoms with E-state index in [4.69, 9.17) is 4.42 Å². The molecule has 0 aliphatic carbocycles. The summed E-state index contributed by atoms with van der Waals surface area (Å²) >= 11 is 0. The maximum atomic E-state index is 5.83. The van der Waals surface area contributed by atoms with Gasteiger partial charge in [-0.1, -0.05) is 12.1 Å². The maximum absolute atomic E-state index is 5.83. The maximum Gasteiger partial charge on any atom is 0.222 e. The van der Waals surface area contributed by atoms with Crippen LogP contribution in [0.5, 0.6) is 0 Å². The van der Waals surface area contributed by atoms with Crippen molar-refractivity contribution in [3.8, 4) is 0 Å². The lowest BCUT2D eigenvalue weighted by Gasteiger charge is -2.20. The zero-order valence-electron chi connectivity index (χ0n) is 10.2. The second kappa shape index (κ2) is 4.00. The van der Waals surface area contributed by atoms with Gasteiger partial charge in [-0.2, -0.15) is 0 Å². The first-order chi connectivity index (χ1) is 8.22. The molecule has 1 aliphatic rings. The summed E-state index contributed by atoms with van der Waals surface area (Å²) in [4.78, 5) is 6.84. The van der Waals surface area contributed by atoms with E-state index in [-0.39, 0.29) is 0 Å². The van der Waals surface area contributed by atoms with Crippen LogP contribution in [0.15, 0.2) is 28.7 Å². The number of oxazole rings is 1. The van der Waals surface area contributed by atoms with Gasteiger partial charge in [0.1, 0.15) is 5.52 Å². The topological polar surface area (TPSA) is 29.3 Å². The van der Waals surface area contributed by atoms with E-state index in [1.54, 1.807) is 0 Å². The molecule has 0 N–H and O–H groups in total. The molecular formula is C14H16N2O. The highest BCUT2D eigenvalue weighted by Crippen LogP contribution is 2.25. The van der Waals surface area contributed by atoms with Gasteiger partial charge in [0.15, 0.2) is 5.58 Å². The first-order valence-electron chi connectivity index (χ1n) is 5.97. The van der Waals surface area contributed by atoms with E-state index >= 15 is 0 Å². The molecule has 1 aromatic heterocycles. The van der Waals surface area contributed by atoms with Crippen LogP contribution < -0.4 is 0 Å². The Bertz CT molecular complexity index is 583. The Morgan fingerprint density at radius 2 is 2.24 bits per heavy atom. The van der Waals surface area contributed by atoms with Crippen molar-refractivity contribution in [2.24, 2.45) is 0 Å². The van der Waals surface area contributed by atoms with Crippen molar-refractivity contribution >= 4 is 16.7 Å². The molecule has 2 aromatic rings. The predicted octanol–water partition coefficient (Wildman–Crippen LogP) is 2.86. The van der Waals surface area contributed by atoms with Gasteiger partial charge in [0, 0.05) is 18.7 Å². The second-order valence-corrected chi connectivity index (χ2v) is 4.73. The van der Waals surface area contributed by atoms with E-state index in [9.17, 15) is 0 Å². The molecule has 0 fully saturated rings. The van der Waals surface area contributed by atoms with Crippen LogP contribution in [-0.4, -0.2) is 30.0 Å². The Balaban J connectivity index is 2.01. The smallest absolute Gasteiger partial charge is 0.222 e. The van der Waals surface area contributed by atoms with Gasteiger partial charge in [0.2, 0.25) is 5.89 Å². The fourth-order valence-corrected chi connectivity index (χ4v) is 2.13. The molecule has 0 atom stereocenters. The summed E-state index contributed by atoms with van der Waals surface area (Å²) in [5.41, 5.74) is 4.28. The van der Waals surface area contributed by atoms with Crippen molar-refractivity contribution < 1.29 is 4.42 Å². The van der Waals surface area contributed by atoms with Gasteiger partial charge in [-0.05, 0) is 38.1 Å². The third-order valence-corrected chi connectivity index (χ3v) is 3.23. The molecule has 0 amide bonds. The van der Waals surface area contributed by atoms with Crippen LogP contribution in [0, 0.1) is 6.92 Å². The molecule has 17 heavy (non-hydrogen) atoms. The van der Waals surface area contributed by atoms with E-state index in [2.05, 4.69) is 36.0 Å². The van der Waals surface area contributed by atoms with Gasteiger partial charge in [-0.25, -0.2) is 4.98 Å². The number of rotatable bonds is 1. The van der Waals surface area contributed by atoms with E-state index in [0.29, 0.717) is 0 Å². The van der Waals surface area contributed by atoms with E-state index in [0.717, 1.165) is 36.5 Å². The highest BCUT2D eigenvalue weighted by atomic mass is 16.3. The molecule has 0 spiro atoms. The molecular weight excluding hydrogens is 212 g/mol. The summed E-state index contributed by atoms with van der Waals surface area (Å²) in [6, 6.07) is 6.13. The van der Waals surface area contributed by atoms with E-state index in [1.807, 2.05) is 12.1 Å². The van der Waals surface area contributed by atoms with Crippen LogP contribution in [-0.2, 0) is 0 Å². The normalized spacial score (nSPS) is 17.4. The number of aromatic nitrogens is 1. The molecule has 88 valence electrons. The lowest BCUT2D eigenvalue weighted by Crippen LogP contribution is -2.23. The lowest BCUT2D eigenvalue weighted by atomic mass is 10.1. The number of fused-ring (bicyclic) bond motifs is 1. The van der Waals surface area contributed by atoms with Crippen molar-refractivity contribution in [3.05, 3.63) is 35.7 Å². The Hall–Kier alpha value is -1.61. The molecule has 2 heterocycles. The SMILES string of the molecule is Cc1ccc2nc(C3=CCN(C)CC3)oc2c1. The van der Waals surface area contributed by atoms with Gasteiger partial charge < -0.3 is 9.32 Å². The molecule has 0 radical (unpaired) electrons. The van der Waals surface area contributed by atoms with Crippen LogP contribution in [0.1, 0.15) is 17.9 Å². The quantitative estimate of drug-likeness (QED) is 0.751. The minimum Gasteiger partial charge on any atom is -0.436 e. The largest absolute Gasteiger partial charge is 0.436 e. The average Bonchev–Trinajstić information content (AvgIpc) is 2.72. The molecule has 0 saturated heterocycles. The van der Waals surface area contributed by atoms with Crippen LogP contribution >= 0.6 is 0 Å². The molecule has 0 unspecified atom stereocenters. The van der Waals surface area contributed by atoms with Gasteiger partial charge in [0.25, 0.3) is 0 Å². The van der Waals surface area contributed by atoms with Crippen molar-refractivity contribution in [2.45, 2.75) is 13.3 Å². The summed E-state index contributed by atoms with van der Waals surface area (Å²) in [6.45, 7) is 4.12. The standard InChI is InChI=1S/C14H16N2O/c1-10-3-4-12-13(9-10)17-14(15-12)11-5-7-16(2)8-6-11/h3-5,9H,6-8H2,1-2H3.